The molecule has 0 aliphatic heterocycles. The number of alkyl carbamates (subject to hydrolysis) is 1. The molecule has 2 N–H and O–H groups in total. The molecule has 108 valence electrons. The molecule has 0 aliphatic carbocycles. The van der Waals surface area contributed by atoms with Crippen molar-refractivity contribution in [1.82, 2.24) is 10.6 Å². The zero-order valence-electron chi connectivity index (χ0n) is 11.6. The molecule has 4 nitrogen and oxygen atoms in total. The Labute approximate surface area is 107 Å². The molecule has 6 heteroatoms. The molecular weight excluding hydrogens is 242 g/mol. The van der Waals surface area contributed by atoms with Gasteiger partial charge in [-0.1, -0.05) is 13.3 Å². The Bertz CT molecular complexity index is 253. The molecule has 0 aliphatic rings. The van der Waals surface area contributed by atoms with Crippen LogP contribution >= 0.6 is 0 Å². The topological polar surface area (TPSA) is 50.4 Å². The molecule has 0 unspecified atom stereocenters. The standard InChI is InChI=1S/C12H24F2N2O2/c1-5-6-7-15-8-12(13,14)9-16-10(17)18-11(2,3)4/h15H,5-9H2,1-4H3,(H,16,17). The van der Waals surface area contributed by atoms with Crippen molar-refractivity contribution < 1.29 is 18.3 Å². The van der Waals surface area contributed by atoms with Crippen LogP contribution in [0.3, 0.4) is 0 Å². The van der Waals surface area contributed by atoms with Gasteiger partial charge in [0.15, 0.2) is 0 Å². The third kappa shape index (κ3) is 10.3. The molecule has 0 rings (SSSR count). The van der Waals surface area contributed by atoms with Gasteiger partial charge in [-0.05, 0) is 33.7 Å². The summed E-state index contributed by atoms with van der Waals surface area (Å²) in [7, 11) is 0. The molecule has 0 fully saturated rings. The number of rotatable bonds is 7. The highest BCUT2D eigenvalue weighted by atomic mass is 19.3. The maximum atomic E-state index is 13.3. The lowest BCUT2D eigenvalue weighted by Gasteiger charge is -2.22. The van der Waals surface area contributed by atoms with Crippen molar-refractivity contribution in [3.05, 3.63) is 0 Å². The summed E-state index contributed by atoms with van der Waals surface area (Å²) in [4.78, 5) is 11.2. The molecule has 0 aromatic carbocycles. The van der Waals surface area contributed by atoms with Crippen LogP contribution in [0.2, 0.25) is 0 Å². The van der Waals surface area contributed by atoms with E-state index in [2.05, 4.69) is 10.6 Å². The summed E-state index contributed by atoms with van der Waals surface area (Å²) in [5.74, 6) is -2.97. The molecule has 1 amide bonds. The van der Waals surface area contributed by atoms with Gasteiger partial charge in [-0.2, -0.15) is 0 Å². The van der Waals surface area contributed by atoms with E-state index < -0.39 is 30.7 Å². The smallest absolute Gasteiger partial charge is 0.407 e. The fourth-order valence-electron chi connectivity index (χ4n) is 1.15. The minimum Gasteiger partial charge on any atom is -0.444 e. The second kappa shape index (κ2) is 7.51. The number of unbranched alkanes of at least 4 members (excludes halogenated alkanes) is 1. The summed E-state index contributed by atoms with van der Waals surface area (Å²) in [6, 6.07) is 0. The number of hydrogen-bond donors (Lipinski definition) is 2. The molecule has 0 aromatic rings. The zero-order valence-corrected chi connectivity index (χ0v) is 11.6. The number of halogens is 2. The minimum absolute atomic E-state index is 0.442. The van der Waals surface area contributed by atoms with E-state index in [1.165, 1.54) is 0 Å². The van der Waals surface area contributed by atoms with Crippen LogP contribution in [-0.4, -0.2) is 37.3 Å². The summed E-state index contributed by atoms with van der Waals surface area (Å²) in [6.07, 6.45) is 0.986. The molecule has 0 saturated carbocycles. The first kappa shape index (κ1) is 17.1. The average molecular weight is 266 g/mol. The van der Waals surface area contributed by atoms with Gasteiger partial charge in [0, 0.05) is 0 Å². The van der Waals surface area contributed by atoms with Crippen LogP contribution in [-0.2, 0) is 4.74 Å². The molecule has 0 aromatic heterocycles. The van der Waals surface area contributed by atoms with E-state index >= 15 is 0 Å². The second-order valence-corrected chi connectivity index (χ2v) is 5.24. The maximum Gasteiger partial charge on any atom is 0.407 e. The largest absolute Gasteiger partial charge is 0.444 e. The highest BCUT2D eigenvalue weighted by Crippen LogP contribution is 2.11. The lowest BCUT2D eigenvalue weighted by molar-refractivity contribution is -0.00340. The monoisotopic (exact) mass is 266 g/mol. The van der Waals surface area contributed by atoms with Crippen LogP contribution in [0.25, 0.3) is 0 Å². The minimum atomic E-state index is -2.97. The van der Waals surface area contributed by atoms with Crippen molar-refractivity contribution in [2.24, 2.45) is 0 Å². The Morgan fingerprint density at radius 1 is 1.22 bits per heavy atom. The van der Waals surface area contributed by atoms with Gasteiger partial charge >= 0.3 is 6.09 Å². The van der Waals surface area contributed by atoms with Crippen LogP contribution in [0.15, 0.2) is 0 Å². The van der Waals surface area contributed by atoms with Crippen LogP contribution in [0.4, 0.5) is 13.6 Å². The Morgan fingerprint density at radius 2 is 1.83 bits per heavy atom. The van der Waals surface area contributed by atoms with Crippen LogP contribution in [0.5, 0.6) is 0 Å². The van der Waals surface area contributed by atoms with Gasteiger partial charge in [0.25, 0.3) is 5.92 Å². The lowest BCUT2D eigenvalue weighted by atomic mass is 10.2. The first-order chi connectivity index (χ1) is 8.16. The van der Waals surface area contributed by atoms with E-state index in [1.807, 2.05) is 6.92 Å². The second-order valence-electron chi connectivity index (χ2n) is 5.24. The number of hydrogen-bond acceptors (Lipinski definition) is 3. The van der Waals surface area contributed by atoms with Gasteiger partial charge in [0.05, 0.1) is 13.1 Å². The van der Waals surface area contributed by atoms with Gasteiger partial charge in [-0.25, -0.2) is 13.6 Å². The highest BCUT2D eigenvalue weighted by Gasteiger charge is 2.29. The van der Waals surface area contributed by atoms with E-state index in [1.54, 1.807) is 20.8 Å². The number of alkyl halides is 2. The van der Waals surface area contributed by atoms with Gasteiger partial charge in [0.2, 0.25) is 0 Å². The Morgan fingerprint density at radius 3 is 2.33 bits per heavy atom. The van der Waals surface area contributed by atoms with Crippen molar-refractivity contribution in [3.63, 3.8) is 0 Å². The normalized spacial score (nSPS) is 12.3. The average Bonchev–Trinajstić information content (AvgIpc) is 2.20. The molecule has 0 atom stereocenters. The van der Waals surface area contributed by atoms with Crippen molar-refractivity contribution >= 4 is 6.09 Å². The molecule has 18 heavy (non-hydrogen) atoms. The molecular formula is C12H24F2N2O2. The summed E-state index contributed by atoms with van der Waals surface area (Å²) < 4.78 is 31.5. The number of carbonyl (C=O) groups excluding carboxylic acids is 1. The molecule has 0 saturated heterocycles. The SMILES string of the molecule is CCCCNCC(F)(F)CNC(=O)OC(C)(C)C. The first-order valence-corrected chi connectivity index (χ1v) is 6.22. The Hall–Kier alpha value is -0.910. The summed E-state index contributed by atoms with van der Waals surface area (Å²) in [5, 5.41) is 4.73. The summed E-state index contributed by atoms with van der Waals surface area (Å²) in [6.45, 7) is 6.41. The van der Waals surface area contributed by atoms with Crippen molar-refractivity contribution in [3.8, 4) is 0 Å². The number of amides is 1. The Kier molecular flexibility index (Phi) is 7.13. The van der Waals surface area contributed by atoms with Gasteiger partial charge < -0.3 is 15.4 Å². The van der Waals surface area contributed by atoms with Crippen LogP contribution in [0, 0.1) is 0 Å². The summed E-state index contributed by atoms with van der Waals surface area (Å²) >= 11 is 0. The first-order valence-electron chi connectivity index (χ1n) is 6.22. The van der Waals surface area contributed by atoms with Gasteiger partial charge in [-0.3, -0.25) is 0 Å². The zero-order chi connectivity index (χ0) is 14.2. The number of nitrogens with one attached hydrogen (secondary N) is 2. The van der Waals surface area contributed by atoms with E-state index in [4.69, 9.17) is 4.74 Å². The molecule has 0 heterocycles. The fraction of sp³-hybridized carbons (Fsp3) is 0.917. The van der Waals surface area contributed by atoms with E-state index in [-0.39, 0.29) is 0 Å². The fourth-order valence-corrected chi connectivity index (χ4v) is 1.15. The molecule has 0 bridgehead atoms. The highest BCUT2D eigenvalue weighted by molar-refractivity contribution is 5.67. The molecule has 0 radical (unpaired) electrons. The van der Waals surface area contributed by atoms with Gasteiger partial charge in [0.1, 0.15) is 5.60 Å². The lowest BCUT2D eigenvalue weighted by Crippen LogP contribution is -2.44. The van der Waals surface area contributed by atoms with E-state index in [9.17, 15) is 13.6 Å². The predicted molar refractivity (Wildman–Crippen MR) is 67.0 cm³/mol. The van der Waals surface area contributed by atoms with Gasteiger partial charge in [-0.15, -0.1) is 0 Å². The maximum absolute atomic E-state index is 13.3. The van der Waals surface area contributed by atoms with Crippen LogP contribution < -0.4 is 10.6 Å². The van der Waals surface area contributed by atoms with Crippen LogP contribution in [0.1, 0.15) is 40.5 Å². The predicted octanol–water partition coefficient (Wildman–Crippen LogP) is 2.54. The molecule has 0 spiro atoms. The third-order valence-corrected chi connectivity index (χ3v) is 1.98. The van der Waals surface area contributed by atoms with Crippen molar-refractivity contribution in [1.29, 1.82) is 0 Å². The van der Waals surface area contributed by atoms with Crippen molar-refractivity contribution in [2.45, 2.75) is 52.1 Å². The van der Waals surface area contributed by atoms with E-state index in [0.717, 1.165) is 12.8 Å². The van der Waals surface area contributed by atoms with E-state index in [0.29, 0.717) is 6.54 Å². The number of carbonyl (C=O) groups is 1. The van der Waals surface area contributed by atoms with Crippen molar-refractivity contribution in [2.75, 3.05) is 19.6 Å². The quantitative estimate of drug-likeness (QED) is 0.696. The Balaban J connectivity index is 3.84. The summed E-state index contributed by atoms with van der Waals surface area (Å²) in [5.41, 5.74) is -0.682. The third-order valence-electron chi connectivity index (χ3n) is 1.98. The number of ether oxygens (including phenoxy) is 1.